The number of hydrogen-bond acceptors (Lipinski definition) is 3. The molecule has 2 aliphatic heterocycles. The van der Waals surface area contributed by atoms with Crippen molar-refractivity contribution in [2.75, 3.05) is 13.1 Å². The first-order valence-electron chi connectivity index (χ1n) is 4.63. The zero-order chi connectivity index (χ0) is 9.64. The largest absolute Gasteiger partial charge is 0.480 e. The molecule has 4 nitrogen and oxygen atoms in total. The summed E-state index contributed by atoms with van der Waals surface area (Å²) in [7, 11) is 2.17. The molecule has 2 aliphatic rings. The first-order valence-corrected chi connectivity index (χ1v) is 4.63. The van der Waals surface area contributed by atoms with Crippen molar-refractivity contribution in [1.29, 1.82) is 0 Å². The van der Waals surface area contributed by atoms with Crippen LogP contribution in [0.25, 0.3) is 0 Å². The Balaban J connectivity index is 0.000000980. The van der Waals surface area contributed by atoms with E-state index in [4.69, 9.17) is 10.8 Å². The second-order valence-corrected chi connectivity index (χ2v) is 4.21. The van der Waals surface area contributed by atoms with E-state index >= 15 is 0 Å². The van der Waals surface area contributed by atoms with Gasteiger partial charge >= 0.3 is 5.97 Å². The van der Waals surface area contributed by atoms with Gasteiger partial charge < -0.3 is 16.2 Å². The molecular weight excluding hydrogens is 238 g/mol. The molecular formula is C8H16BCl2N2O2. The molecule has 4 atom stereocenters. The van der Waals surface area contributed by atoms with Crippen LogP contribution in [-0.4, -0.2) is 37.0 Å². The Morgan fingerprint density at radius 2 is 2.13 bits per heavy atom. The maximum Gasteiger partial charge on any atom is 0.325 e. The van der Waals surface area contributed by atoms with Gasteiger partial charge in [0.2, 0.25) is 0 Å². The number of hydrogen-bond donors (Lipinski definition) is 3. The molecule has 0 saturated carbocycles. The van der Waals surface area contributed by atoms with Gasteiger partial charge in [0.15, 0.2) is 0 Å². The van der Waals surface area contributed by atoms with Gasteiger partial charge in [-0.25, -0.2) is 0 Å². The van der Waals surface area contributed by atoms with Crippen molar-refractivity contribution >= 4 is 38.1 Å². The van der Waals surface area contributed by atoms with Crippen LogP contribution in [0.3, 0.4) is 0 Å². The van der Waals surface area contributed by atoms with Crippen molar-refractivity contribution < 1.29 is 9.90 Å². The van der Waals surface area contributed by atoms with Gasteiger partial charge in [-0.1, -0.05) is 18.6 Å². The molecule has 2 saturated heterocycles. The molecule has 2 rings (SSSR count). The Morgan fingerprint density at radius 3 is 2.53 bits per heavy atom. The Hall–Kier alpha value is 0.0349. The molecule has 0 bridgehead atoms. The number of carboxylic acids is 1. The predicted octanol–water partition coefficient (Wildman–Crippen LogP) is 0.146. The molecule has 2 unspecified atom stereocenters. The highest BCUT2D eigenvalue weighted by Gasteiger charge is 2.55. The molecule has 0 aliphatic carbocycles. The highest BCUT2D eigenvalue weighted by Crippen LogP contribution is 2.50. The summed E-state index contributed by atoms with van der Waals surface area (Å²) in [6, 6.07) is 0. The fraction of sp³-hybridized carbons (Fsp3) is 0.875. The highest BCUT2D eigenvalue weighted by molar-refractivity contribution is 6.53. The van der Waals surface area contributed by atoms with Crippen molar-refractivity contribution in [2.24, 2.45) is 11.7 Å². The van der Waals surface area contributed by atoms with Crippen LogP contribution < -0.4 is 11.1 Å². The number of aliphatic carboxylic acids is 1. The Labute approximate surface area is 102 Å². The van der Waals surface area contributed by atoms with E-state index < -0.39 is 11.5 Å². The number of halogens is 2. The lowest BCUT2D eigenvalue weighted by Crippen LogP contribution is -2.54. The van der Waals surface area contributed by atoms with E-state index in [1.165, 1.54) is 0 Å². The molecule has 7 heteroatoms. The fourth-order valence-electron chi connectivity index (χ4n) is 2.25. The average molecular weight is 254 g/mol. The third kappa shape index (κ3) is 2.41. The summed E-state index contributed by atoms with van der Waals surface area (Å²) < 4.78 is 0. The molecule has 4 N–H and O–H groups in total. The third-order valence-corrected chi connectivity index (χ3v) is 3.30. The number of nitrogens with one attached hydrogen (secondary N) is 1. The second kappa shape index (κ2) is 4.91. The normalized spacial score (nSPS) is 42.1. The third-order valence-electron chi connectivity index (χ3n) is 3.30. The van der Waals surface area contributed by atoms with Crippen LogP contribution in [0.5, 0.6) is 0 Å². The standard InChI is InChI=1S/C8H14BN2O2.2ClH/c1-4-6(9-4)5-2-11-3-8(5,10)7(12)13;;/h4-6,11H,2-3,10H2,1H3,(H,12,13);2*1H/t4?,5-,6?,8+;;/m1../s1. The summed E-state index contributed by atoms with van der Waals surface area (Å²) in [6.45, 7) is 3.23. The van der Waals surface area contributed by atoms with Gasteiger partial charge in [-0.05, 0) is 5.92 Å². The lowest BCUT2D eigenvalue weighted by Gasteiger charge is -2.26. The predicted molar refractivity (Wildman–Crippen MR) is 64.3 cm³/mol. The summed E-state index contributed by atoms with van der Waals surface area (Å²) in [5.74, 6) is 0.123. The van der Waals surface area contributed by atoms with Crippen molar-refractivity contribution in [3.63, 3.8) is 0 Å². The van der Waals surface area contributed by atoms with Crippen LogP contribution in [0.1, 0.15) is 6.92 Å². The minimum atomic E-state index is -1.05. The minimum absolute atomic E-state index is 0. The van der Waals surface area contributed by atoms with Crippen LogP contribution in [-0.2, 0) is 4.79 Å². The van der Waals surface area contributed by atoms with Gasteiger partial charge in [-0.2, -0.15) is 0 Å². The number of carbonyl (C=O) groups is 1. The smallest absolute Gasteiger partial charge is 0.325 e. The molecule has 0 spiro atoms. The van der Waals surface area contributed by atoms with Crippen molar-refractivity contribution in [3.05, 3.63) is 0 Å². The van der Waals surface area contributed by atoms with Crippen LogP contribution in [0.2, 0.25) is 11.6 Å². The number of rotatable bonds is 2. The van der Waals surface area contributed by atoms with Crippen LogP contribution in [0, 0.1) is 5.92 Å². The van der Waals surface area contributed by atoms with Gasteiger partial charge in [0.05, 0.1) is 0 Å². The number of nitrogens with two attached hydrogens (primary N) is 1. The second-order valence-electron chi connectivity index (χ2n) is 4.21. The zero-order valence-corrected chi connectivity index (χ0v) is 10.1. The topological polar surface area (TPSA) is 75.3 Å². The molecule has 87 valence electrons. The van der Waals surface area contributed by atoms with E-state index in [9.17, 15) is 4.79 Å². The van der Waals surface area contributed by atoms with Crippen molar-refractivity contribution in [3.8, 4) is 0 Å². The summed E-state index contributed by atoms with van der Waals surface area (Å²) in [6.07, 6.45) is 0. The maximum atomic E-state index is 11.0. The van der Waals surface area contributed by atoms with Crippen LogP contribution in [0.15, 0.2) is 0 Å². The van der Waals surface area contributed by atoms with E-state index in [1.54, 1.807) is 0 Å². The summed E-state index contributed by atoms with van der Waals surface area (Å²) in [5, 5.41) is 12.1. The fourth-order valence-corrected chi connectivity index (χ4v) is 2.25. The van der Waals surface area contributed by atoms with Gasteiger partial charge in [0.25, 0.3) is 0 Å². The minimum Gasteiger partial charge on any atom is -0.480 e. The zero-order valence-electron chi connectivity index (χ0n) is 8.47. The summed E-state index contributed by atoms with van der Waals surface area (Å²) in [5.41, 5.74) is 4.82. The molecule has 15 heavy (non-hydrogen) atoms. The van der Waals surface area contributed by atoms with E-state index in [-0.39, 0.29) is 30.7 Å². The lowest BCUT2D eigenvalue weighted by atomic mass is 9.79. The van der Waals surface area contributed by atoms with E-state index in [2.05, 4.69) is 19.5 Å². The lowest BCUT2D eigenvalue weighted by molar-refractivity contribution is -0.144. The summed E-state index contributed by atoms with van der Waals surface area (Å²) in [4.78, 5) is 11.0. The van der Waals surface area contributed by atoms with Gasteiger partial charge in [-0.15, -0.1) is 24.8 Å². The van der Waals surface area contributed by atoms with Gasteiger partial charge in [-0.3, -0.25) is 4.79 Å². The molecule has 0 aromatic rings. The highest BCUT2D eigenvalue weighted by atomic mass is 35.5. The first-order chi connectivity index (χ1) is 6.05. The molecule has 2 heterocycles. The maximum absolute atomic E-state index is 11.0. The van der Waals surface area contributed by atoms with Crippen LogP contribution in [0.4, 0.5) is 0 Å². The molecule has 2 fully saturated rings. The average Bonchev–Trinajstić information content (AvgIpc) is 2.60. The SMILES string of the molecule is CC1[B]C1[C@H]1CNC[C@@]1(N)C(=O)O.Cl.Cl. The van der Waals surface area contributed by atoms with E-state index in [0.717, 1.165) is 6.54 Å². The van der Waals surface area contributed by atoms with E-state index in [1.807, 2.05) is 0 Å². The molecule has 0 aromatic carbocycles. The van der Waals surface area contributed by atoms with Gasteiger partial charge in [0.1, 0.15) is 12.8 Å². The van der Waals surface area contributed by atoms with Crippen LogP contribution >= 0.6 is 24.8 Å². The van der Waals surface area contributed by atoms with Crippen molar-refractivity contribution in [2.45, 2.75) is 24.1 Å². The van der Waals surface area contributed by atoms with Gasteiger partial charge in [0, 0.05) is 13.1 Å². The van der Waals surface area contributed by atoms with Crippen molar-refractivity contribution in [1.82, 2.24) is 5.32 Å². The first kappa shape index (κ1) is 15.0. The monoisotopic (exact) mass is 253 g/mol. The quantitative estimate of drug-likeness (QED) is 0.613. The Morgan fingerprint density at radius 1 is 1.60 bits per heavy atom. The Bertz CT molecular complexity index is 257. The number of carboxylic acid groups (broad SMARTS) is 1. The molecule has 0 aromatic heterocycles. The summed E-state index contributed by atoms with van der Waals surface area (Å²) >= 11 is 0. The van der Waals surface area contributed by atoms with E-state index in [0.29, 0.717) is 18.2 Å². The molecule has 0 amide bonds. The Kier molecular flexibility index (Phi) is 4.92. The molecule has 1 radical (unpaired) electrons.